The van der Waals surface area contributed by atoms with Gasteiger partial charge in [0.15, 0.2) is 0 Å². The van der Waals surface area contributed by atoms with Crippen molar-refractivity contribution in [1.82, 2.24) is 15.3 Å². The largest absolute Gasteiger partial charge is 0.478 e. The number of anilines is 1. The molecular weight excluding hydrogens is 323 g/mol. The highest BCUT2D eigenvalue weighted by atomic mass is 19.1. The molecule has 2 aromatic carbocycles. The summed E-state index contributed by atoms with van der Waals surface area (Å²) in [5.74, 6) is -0.870. The predicted octanol–water partition coefficient (Wildman–Crippen LogP) is 2.84. The average Bonchev–Trinajstić information content (AvgIpc) is 2.61. The molecule has 0 aliphatic carbocycles. The van der Waals surface area contributed by atoms with Gasteiger partial charge in [-0.2, -0.15) is 0 Å². The summed E-state index contributed by atoms with van der Waals surface area (Å²) >= 11 is 0. The van der Waals surface area contributed by atoms with Crippen LogP contribution in [0.15, 0.2) is 48.8 Å². The number of aromatic carboxylic acids is 1. The Balaban J connectivity index is 2.03. The summed E-state index contributed by atoms with van der Waals surface area (Å²) in [6.07, 6.45) is 1.32. The number of hydrogen-bond donors (Lipinski definition) is 3. The zero-order valence-electron chi connectivity index (χ0n) is 13.5. The van der Waals surface area contributed by atoms with Crippen molar-refractivity contribution in [3.63, 3.8) is 0 Å². The topological polar surface area (TPSA) is 87.1 Å². The molecule has 0 bridgehead atoms. The van der Waals surface area contributed by atoms with Crippen molar-refractivity contribution in [3.05, 3.63) is 65.7 Å². The number of hydrogen-bond acceptors (Lipinski definition) is 5. The number of rotatable bonds is 6. The van der Waals surface area contributed by atoms with Gasteiger partial charge in [0, 0.05) is 11.9 Å². The quantitative estimate of drug-likeness (QED) is 0.640. The summed E-state index contributed by atoms with van der Waals surface area (Å²) < 4.78 is 13.6. The maximum absolute atomic E-state index is 13.6. The monoisotopic (exact) mass is 340 g/mol. The number of benzene rings is 2. The van der Waals surface area contributed by atoms with Gasteiger partial charge in [-0.1, -0.05) is 18.2 Å². The van der Waals surface area contributed by atoms with Gasteiger partial charge in [-0.05, 0) is 36.9 Å². The third-order valence-electron chi connectivity index (χ3n) is 3.87. The highest BCUT2D eigenvalue weighted by Gasteiger charge is 2.16. The molecule has 3 aromatic rings. The van der Waals surface area contributed by atoms with Gasteiger partial charge in [-0.25, -0.2) is 19.2 Å². The maximum atomic E-state index is 13.6. The van der Waals surface area contributed by atoms with E-state index in [1.54, 1.807) is 25.2 Å². The Bertz CT molecular complexity index is 916. The standard InChI is InChI=1S/C18H17FN4O2/c1-20-9-15(11-4-2-5-12(19)8-11)23-17-13-6-3-7-14(18(24)25)16(13)21-10-22-17/h2-8,10,15,20H,9H2,1H3,(H,24,25)(H,21,22,23). The van der Waals surface area contributed by atoms with Crippen LogP contribution in [0.5, 0.6) is 0 Å². The van der Waals surface area contributed by atoms with Crippen LogP contribution >= 0.6 is 0 Å². The minimum absolute atomic E-state index is 0.110. The molecule has 3 rings (SSSR count). The summed E-state index contributed by atoms with van der Waals surface area (Å²) in [7, 11) is 1.80. The lowest BCUT2D eigenvalue weighted by molar-refractivity contribution is 0.0699. The summed E-state index contributed by atoms with van der Waals surface area (Å²) in [5, 5.41) is 16.2. The van der Waals surface area contributed by atoms with Crippen LogP contribution in [0.3, 0.4) is 0 Å². The van der Waals surface area contributed by atoms with Crippen LogP contribution in [0.2, 0.25) is 0 Å². The molecule has 1 aromatic heterocycles. The number of fused-ring (bicyclic) bond motifs is 1. The van der Waals surface area contributed by atoms with Crippen LogP contribution in [0, 0.1) is 5.82 Å². The molecule has 0 saturated heterocycles. The van der Waals surface area contributed by atoms with E-state index in [1.165, 1.54) is 24.5 Å². The van der Waals surface area contributed by atoms with Gasteiger partial charge in [0.05, 0.1) is 17.1 Å². The molecule has 0 aliphatic heterocycles. The molecular formula is C18H17FN4O2. The summed E-state index contributed by atoms with van der Waals surface area (Å²) in [4.78, 5) is 19.7. The molecule has 25 heavy (non-hydrogen) atoms. The van der Waals surface area contributed by atoms with Crippen molar-refractivity contribution in [2.24, 2.45) is 0 Å². The number of nitrogens with zero attached hydrogens (tertiary/aromatic N) is 2. The van der Waals surface area contributed by atoms with Gasteiger partial charge < -0.3 is 15.7 Å². The summed E-state index contributed by atoms with van der Waals surface area (Å²) in [5.41, 5.74) is 1.23. The maximum Gasteiger partial charge on any atom is 0.337 e. The number of para-hydroxylation sites is 1. The smallest absolute Gasteiger partial charge is 0.337 e. The van der Waals surface area contributed by atoms with Gasteiger partial charge >= 0.3 is 5.97 Å². The molecule has 0 saturated carbocycles. The van der Waals surface area contributed by atoms with E-state index in [2.05, 4.69) is 20.6 Å². The second kappa shape index (κ2) is 7.23. The number of carboxylic acid groups (broad SMARTS) is 1. The molecule has 0 spiro atoms. The number of likely N-dealkylation sites (N-methyl/N-ethyl adjacent to an activating group) is 1. The Labute approximate surface area is 143 Å². The fraction of sp³-hybridized carbons (Fsp3) is 0.167. The Morgan fingerprint density at radius 3 is 2.76 bits per heavy atom. The van der Waals surface area contributed by atoms with E-state index in [0.717, 1.165) is 5.56 Å². The fourth-order valence-electron chi connectivity index (χ4n) is 2.72. The first-order valence-electron chi connectivity index (χ1n) is 7.73. The first kappa shape index (κ1) is 16.8. The SMILES string of the molecule is CNCC(Nc1ncnc2c(C(=O)O)cccc12)c1cccc(F)c1. The first-order chi connectivity index (χ1) is 12.1. The number of carbonyl (C=O) groups is 1. The van der Waals surface area contributed by atoms with Crippen molar-refractivity contribution in [1.29, 1.82) is 0 Å². The van der Waals surface area contributed by atoms with Crippen LogP contribution in [0.25, 0.3) is 10.9 Å². The summed E-state index contributed by atoms with van der Waals surface area (Å²) in [6, 6.07) is 11.0. The normalized spacial score (nSPS) is 12.1. The first-order valence-corrected chi connectivity index (χ1v) is 7.73. The Hall–Kier alpha value is -3.06. The van der Waals surface area contributed by atoms with E-state index >= 15 is 0 Å². The lowest BCUT2D eigenvalue weighted by Crippen LogP contribution is -2.24. The molecule has 0 aliphatic rings. The van der Waals surface area contributed by atoms with E-state index in [1.807, 2.05) is 6.07 Å². The van der Waals surface area contributed by atoms with Crippen molar-refractivity contribution in [3.8, 4) is 0 Å². The molecule has 0 radical (unpaired) electrons. The minimum atomic E-state index is -1.05. The number of halogens is 1. The van der Waals surface area contributed by atoms with Crippen molar-refractivity contribution < 1.29 is 14.3 Å². The van der Waals surface area contributed by atoms with Crippen LogP contribution in [-0.2, 0) is 0 Å². The van der Waals surface area contributed by atoms with Crippen molar-refractivity contribution in [2.45, 2.75) is 6.04 Å². The molecule has 1 unspecified atom stereocenters. The van der Waals surface area contributed by atoms with Crippen molar-refractivity contribution in [2.75, 3.05) is 18.9 Å². The third-order valence-corrected chi connectivity index (χ3v) is 3.87. The number of aromatic nitrogens is 2. The van der Waals surface area contributed by atoms with Gasteiger partial charge in [0.2, 0.25) is 0 Å². The molecule has 1 atom stereocenters. The second-order valence-corrected chi connectivity index (χ2v) is 5.54. The van der Waals surface area contributed by atoms with Crippen LogP contribution in [-0.4, -0.2) is 34.6 Å². The molecule has 7 heteroatoms. The minimum Gasteiger partial charge on any atom is -0.478 e. The zero-order valence-corrected chi connectivity index (χ0v) is 13.5. The van der Waals surface area contributed by atoms with Gasteiger partial charge in [0.1, 0.15) is 18.0 Å². The third kappa shape index (κ3) is 3.56. The second-order valence-electron chi connectivity index (χ2n) is 5.54. The highest BCUT2D eigenvalue weighted by molar-refractivity contribution is 6.04. The molecule has 1 heterocycles. The zero-order chi connectivity index (χ0) is 17.8. The van der Waals surface area contributed by atoms with E-state index in [0.29, 0.717) is 23.3 Å². The van der Waals surface area contributed by atoms with E-state index in [-0.39, 0.29) is 17.4 Å². The molecule has 0 amide bonds. The van der Waals surface area contributed by atoms with Crippen LogP contribution in [0.4, 0.5) is 10.2 Å². The van der Waals surface area contributed by atoms with Gasteiger partial charge in [-0.15, -0.1) is 0 Å². The van der Waals surface area contributed by atoms with Gasteiger partial charge in [0.25, 0.3) is 0 Å². The Morgan fingerprint density at radius 2 is 2.04 bits per heavy atom. The summed E-state index contributed by atoms with van der Waals surface area (Å²) in [6.45, 7) is 0.535. The lowest BCUT2D eigenvalue weighted by Gasteiger charge is -2.20. The Morgan fingerprint density at radius 1 is 1.24 bits per heavy atom. The fourth-order valence-corrected chi connectivity index (χ4v) is 2.72. The molecule has 6 nitrogen and oxygen atoms in total. The van der Waals surface area contributed by atoms with E-state index in [4.69, 9.17) is 0 Å². The van der Waals surface area contributed by atoms with Crippen LogP contribution < -0.4 is 10.6 Å². The highest BCUT2D eigenvalue weighted by Crippen LogP contribution is 2.26. The average molecular weight is 340 g/mol. The number of nitrogens with one attached hydrogen (secondary N) is 2. The molecule has 0 fully saturated rings. The van der Waals surface area contributed by atoms with Gasteiger partial charge in [-0.3, -0.25) is 0 Å². The predicted molar refractivity (Wildman–Crippen MR) is 93.2 cm³/mol. The Kier molecular flexibility index (Phi) is 4.85. The van der Waals surface area contributed by atoms with E-state index < -0.39 is 5.97 Å². The number of carboxylic acids is 1. The van der Waals surface area contributed by atoms with Crippen LogP contribution in [0.1, 0.15) is 22.0 Å². The van der Waals surface area contributed by atoms with Crippen molar-refractivity contribution >= 4 is 22.7 Å². The van der Waals surface area contributed by atoms with E-state index in [9.17, 15) is 14.3 Å². The molecule has 128 valence electrons. The molecule has 3 N–H and O–H groups in total. The lowest BCUT2D eigenvalue weighted by atomic mass is 10.1.